The molecule has 4 aliphatic rings. The molecule has 2 fully saturated rings. The van der Waals surface area contributed by atoms with Gasteiger partial charge in [0.15, 0.2) is 0 Å². The van der Waals surface area contributed by atoms with E-state index in [-0.39, 0.29) is 6.10 Å². The fourth-order valence-corrected chi connectivity index (χ4v) is 3.69. The van der Waals surface area contributed by atoms with Gasteiger partial charge >= 0.3 is 0 Å². The third kappa shape index (κ3) is 3.71. The molecule has 144 valence electrons. The fraction of sp³-hybridized carbons (Fsp3) is 0.435. The SMILES string of the molecule is C=C1N=C(OC[C@H]2COCCO2)C=C2c3ccc(C#CC4CC4)cc3CCN12. The molecule has 5 rings (SSSR count). The second-order valence-corrected chi connectivity index (χ2v) is 7.59. The lowest BCUT2D eigenvalue weighted by Gasteiger charge is -2.35. The van der Waals surface area contributed by atoms with Crippen molar-refractivity contribution in [2.24, 2.45) is 10.9 Å². The Balaban J connectivity index is 1.36. The number of ether oxygens (including phenoxy) is 3. The Hall–Kier alpha value is -2.55. The third-order valence-corrected chi connectivity index (χ3v) is 5.39. The Morgan fingerprint density at radius 3 is 3.04 bits per heavy atom. The zero-order chi connectivity index (χ0) is 18.9. The van der Waals surface area contributed by atoms with Gasteiger partial charge in [-0.05, 0) is 37.0 Å². The van der Waals surface area contributed by atoms with Crippen LogP contribution in [-0.4, -0.2) is 49.9 Å². The van der Waals surface area contributed by atoms with Crippen LogP contribution in [-0.2, 0) is 20.6 Å². The minimum absolute atomic E-state index is 0.0487. The van der Waals surface area contributed by atoms with Crippen molar-refractivity contribution in [1.29, 1.82) is 0 Å². The van der Waals surface area contributed by atoms with Crippen molar-refractivity contribution in [2.75, 3.05) is 33.0 Å². The predicted molar refractivity (Wildman–Crippen MR) is 108 cm³/mol. The molecule has 0 aromatic heterocycles. The summed E-state index contributed by atoms with van der Waals surface area (Å²) < 4.78 is 17.0. The van der Waals surface area contributed by atoms with E-state index in [0.29, 0.717) is 38.2 Å². The van der Waals surface area contributed by atoms with Crippen LogP contribution >= 0.6 is 0 Å². The Morgan fingerprint density at radius 1 is 1.29 bits per heavy atom. The van der Waals surface area contributed by atoms with Gasteiger partial charge in [-0.3, -0.25) is 0 Å². The van der Waals surface area contributed by atoms with Crippen molar-refractivity contribution in [2.45, 2.75) is 25.4 Å². The summed E-state index contributed by atoms with van der Waals surface area (Å²) in [5.41, 5.74) is 4.73. The second kappa shape index (κ2) is 7.46. The van der Waals surface area contributed by atoms with E-state index in [9.17, 15) is 0 Å². The number of fused-ring (bicyclic) bond motifs is 3. The molecule has 1 saturated heterocycles. The summed E-state index contributed by atoms with van der Waals surface area (Å²) in [5, 5.41) is 0. The number of rotatable bonds is 2. The number of aliphatic imine (C=N–C) groups is 1. The molecule has 28 heavy (non-hydrogen) atoms. The summed E-state index contributed by atoms with van der Waals surface area (Å²) in [5.74, 6) is 8.59. The molecule has 3 heterocycles. The van der Waals surface area contributed by atoms with E-state index in [1.807, 2.05) is 6.08 Å². The Bertz CT molecular complexity index is 912. The van der Waals surface area contributed by atoms with Gasteiger partial charge in [0, 0.05) is 29.7 Å². The summed E-state index contributed by atoms with van der Waals surface area (Å²) in [6, 6.07) is 6.50. The third-order valence-electron chi connectivity index (χ3n) is 5.39. The molecule has 0 bridgehead atoms. The predicted octanol–water partition coefficient (Wildman–Crippen LogP) is 2.96. The van der Waals surface area contributed by atoms with Crippen LogP contribution in [0, 0.1) is 17.8 Å². The number of nitrogens with zero attached hydrogens (tertiary/aromatic N) is 2. The van der Waals surface area contributed by atoms with Crippen molar-refractivity contribution in [3.05, 3.63) is 53.4 Å². The lowest BCUT2D eigenvalue weighted by atomic mass is 9.93. The van der Waals surface area contributed by atoms with E-state index in [0.717, 1.165) is 30.0 Å². The van der Waals surface area contributed by atoms with Crippen LogP contribution in [0.3, 0.4) is 0 Å². The summed E-state index contributed by atoms with van der Waals surface area (Å²) in [7, 11) is 0. The molecule has 5 heteroatoms. The van der Waals surface area contributed by atoms with Gasteiger partial charge in [0.2, 0.25) is 5.90 Å². The van der Waals surface area contributed by atoms with Gasteiger partial charge < -0.3 is 19.1 Å². The zero-order valence-electron chi connectivity index (χ0n) is 15.9. The molecule has 1 saturated carbocycles. The molecule has 0 spiro atoms. The second-order valence-electron chi connectivity index (χ2n) is 7.59. The number of benzene rings is 1. The molecule has 1 atom stereocenters. The van der Waals surface area contributed by atoms with Crippen molar-refractivity contribution < 1.29 is 14.2 Å². The molecule has 1 aromatic carbocycles. The molecule has 0 unspecified atom stereocenters. The molecular weight excluding hydrogens is 352 g/mol. The summed E-state index contributed by atoms with van der Waals surface area (Å²) >= 11 is 0. The lowest BCUT2D eigenvalue weighted by molar-refractivity contribution is -0.103. The molecule has 0 N–H and O–H groups in total. The zero-order valence-corrected chi connectivity index (χ0v) is 15.9. The average Bonchev–Trinajstić information content (AvgIpc) is 3.56. The van der Waals surface area contributed by atoms with Gasteiger partial charge in [-0.15, -0.1) is 0 Å². The van der Waals surface area contributed by atoms with Crippen LogP contribution in [0.1, 0.15) is 29.5 Å². The number of hydrogen-bond donors (Lipinski definition) is 0. The van der Waals surface area contributed by atoms with Crippen LogP contribution in [0.15, 0.2) is 41.7 Å². The topological polar surface area (TPSA) is 43.3 Å². The average molecular weight is 376 g/mol. The minimum atomic E-state index is -0.0487. The van der Waals surface area contributed by atoms with E-state index in [4.69, 9.17) is 14.2 Å². The standard InChI is InChI=1S/C23H24N2O3/c1-16-24-23(28-15-20-14-26-10-11-27-20)13-22-21-7-6-18(5-4-17-2-3-17)12-19(21)8-9-25(16)22/h6-7,12-13,17,20H,1-3,8-11,14-15H2/t20-/m1/s1. The van der Waals surface area contributed by atoms with Crippen molar-refractivity contribution in [3.8, 4) is 11.8 Å². The molecule has 1 aliphatic carbocycles. The first-order chi connectivity index (χ1) is 13.8. The smallest absolute Gasteiger partial charge is 0.217 e. The maximum absolute atomic E-state index is 5.91. The van der Waals surface area contributed by atoms with Gasteiger partial charge in [0.1, 0.15) is 18.5 Å². The van der Waals surface area contributed by atoms with Gasteiger partial charge in [-0.25, -0.2) is 0 Å². The lowest BCUT2D eigenvalue weighted by Crippen LogP contribution is -2.35. The van der Waals surface area contributed by atoms with E-state index in [1.165, 1.54) is 24.0 Å². The minimum Gasteiger partial charge on any atom is -0.475 e. The molecule has 3 aliphatic heterocycles. The van der Waals surface area contributed by atoms with Gasteiger partial charge in [0.25, 0.3) is 0 Å². The quantitative estimate of drug-likeness (QED) is 0.745. The normalized spacial score (nSPS) is 23.6. The molecule has 1 aromatic rings. The summed E-state index contributed by atoms with van der Waals surface area (Å²) in [6.07, 6.45) is 5.42. The highest BCUT2D eigenvalue weighted by molar-refractivity contribution is 5.98. The van der Waals surface area contributed by atoms with Crippen LogP contribution in [0.4, 0.5) is 0 Å². The van der Waals surface area contributed by atoms with Crippen molar-refractivity contribution >= 4 is 11.6 Å². The van der Waals surface area contributed by atoms with Crippen LogP contribution in [0.25, 0.3) is 5.70 Å². The van der Waals surface area contributed by atoms with E-state index in [2.05, 4.69) is 46.5 Å². The van der Waals surface area contributed by atoms with Crippen molar-refractivity contribution in [1.82, 2.24) is 4.90 Å². The monoisotopic (exact) mass is 376 g/mol. The number of hydrogen-bond acceptors (Lipinski definition) is 5. The van der Waals surface area contributed by atoms with Gasteiger partial charge in [-0.2, -0.15) is 4.99 Å². The summed E-state index contributed by atoms with van der Waals surface area (Å²) in [4.78, 5) is 6.69. The molecular formula is C23H24N2O3. The molecule has 0 amide bonds. The maximum atomic E-state index is 5.91. The van der Waals surface area contributed by atoms with Crippen LogP contribution < -0.4 is 0 Å². The van der Waals surface area contributed by atoms with Gasteiger partial charge in [0.05, 0.1) is 25.5 Å². The first kappa shape index (κ1) is 17.5. The largest absolute Gasteiger partial charge is 0.475 e. The maximum Gasteiger partial charge on any atom is 0.217 e. The fourth-order valence-electron chi connectivity index (χ4n) is 3.69. The van der Waals surface area contributed by atoms with E-state index in [1.54, 1.807) is 0 Å². The highest BCUT2D eigenvalue weighted by Crippen LogP contribution is 2.34. The Kier molecular flexibility index (Phi) is 4.67. The first-order valence-electron chi connectivity index (χ1n) is 10.00. The van der Waals surface area contributed by atoms with E-state index >= 15 is 0 Å². The Morgan fingerprint density at radius 2 is 2.21 bits per heavy atom. The molecule has 0 radical (unpaired) electrons. The van der Waals surface area contributed by atoms with E-state index < -0.39 is 0 Å². The highest BCUT2D eigenvalue weighted by atomic mass is 16.6. The van der Waals surface area contributed by atoms with Gasteiger partial charge in [-0.1, -0.05) is 24.5 Å². The molecule has 5 nitrogen and oxygen atoms in total. The highest BCUT2D eigenvalue weighted by Gasteiger charge is 2.27. The summed E-state index contributed by atoms with van der Waals surface area (Å²) in [6.45, 7) is 7.25. The first-order valence-corrected chi connectivity index (χ1v) is 10.00. The van der Waals surface area contributed by atoms with Crippen LogP contribution in [0.5, 0.6) is 0 Å². The van der Waals surface area contributed by atoms with Crippen molar-refractivity contribution in [3.63, 3.8) is 0 Å². The van der Waals surface area contributed by atoms with Crippen LogP contribution in [0.2, 0.25) is 0 Å². The Labute approximate surface area is 165 Å².